The quantitative estimate of drug-likeness (QED) is 0.389. The van der Waals surface area contributed by atoms with Crippen LogP contribution in [0.1, 0.15) is 44.5 Å². The van der Waals surface area contributed by atoms with Crippen molar-refractivity contribution in [1.82, 2.24) is 15.6 Å². The van der Waals surface area contributed by atoms with Crippen molar-refractivity contribution in [3.05, 3.63) is 29.3 Å². The summed E-state index contributed by atoms with van der Waals surface area (Å²) in [5.41, 5.74) is -1.79. The molecule has 2 heterocycles. The Morgan fingerprint density at radius 2 is 2.06 bits per heavy atom. The zero-order valence-corrected chi connectivity index (χ0v) is 19.3. The molecule has 1 aliphatic carbocycles. The van der Waals surface area contributed by atoms with E-state index in [0.717, 1.165) is 15.2 Å². The number of thiazole rings is 1. The zero-order valence-electron chi connectivity index (χ0n) is 18.5. The molecule has 1 aromatic carbocycles. The van der Waals surface area contributed by atoms with Crippen molar-refractivity contribution < 1.29 is 20.4 Å². The summed E-state index contributed by atoms with van der Waals surface area (Å²) in [6.45, 7) is 5.30. The number of guanidine groups is 1. The molecule has 5 unspecified atom stereocenters. The van der Waals surface area contributed by atoms with Gasteiger partial charge in [-0.15, -0.1) is 11.3 Å². The smallest absolute Gasteiger partial charge is 0.197 e. The molecule has 2 aliphatic rings. The molecule has 1 aliphatic heterocycles. The van der Waals surface area contributed by atoms with Crippen LogP contribution in [0.2, 0.25) is 0 Å². The Morgan fingerprint density at radius 3 is 2.72 bits per heavy atom. The van der Waals surface area contributed by atoms with Gasteiger partial charge in [-0.25, -0.2) is 15.0 Å². The van der Waals surface area contributed by atoms with Crippen molar-refractivity contribution in [1.29, 1.82) is 0 Å². The Morgan fingerprint density at radius 1 is 1.31 bits per heavy atom. The summed E-state index contributed by atoms with van der Waals surface area (Å²) in [4.78, 5) is 13.8. The maximum Gasteiger partial charge on any atom is 0.197 e. The molecule has 4 rings (SSSR count). The molecule has 0 bridgehead atoms. The number of hydrogen-bond donors (Lipinski definition) is 6. The maximum absolute atomic E-state index is 11.1. The number of hydrogen-bond acceptors (Lipinski definition) is 8. The molecule has 5 atom stereocenters. The molecule has 2 aromatic rings. The summed E-state index contributed by atoms with van der Waals surface area (Å²) in [5, 5.41) is 48.6. The Balaban J connectivity index is 1.73. The SMILES string of the molecule is CC1NC(=NCC(C)(C)O)NC(=NC2(O)CCC(CO)C2O)C1c1nc2ccccc2s1. The molecule has 0 radical (unpaired) electrons. The van der Waals surface area contributed by atoms with Gasteiger partial charge in [-0.05, 0) is 45.7 Å². The maximum atomic E-state index is 11.1. The predicted octanol–water partition coefficient (Wildman–Crippen LogP) is 0.938. The highest BCUT2D eigenvalue weighted by Gasteiger charge is 2.48. The number of rotatable bonds is 5. The second-order valence-corrected chi connectivity index (χ2v) is 10.4. The highest BCUT2D eigenvalue weighted by Crippen LogP contribution is 2.38. The van der Waals surface area contributed by atoms with Crippen LogP contribution in [0.15, 0.2) is 34.3 Å². The Hall–Kier alpha value is -2.11. The average molecular weight is 462 g/mol. The van der Waals surface area contributed by atoms with Crippen LogP contribution < -0.4 is 10.6 Å². The number of para-hydroxylation sites is 1. The van der Waals surface area contributed by atoms with E-state index < -0.39 is 23.3 Å². The topological polar surface area (TPSA) is 143 Å². The molecule has 9 nitrogen and oxygen atoms in total. The van der Waals surface area contributed by atoms with E-state index >= 15 is 0 Å². The summed E-state index contributed by atoms with van der Waals surface area (Å²) in [7, 11) is 0. The van der Waals surface area contributed by atoms with Crippen molar-refractivity contribution in [2.45, 2.75) is 63.0 Å². The van der Waals surface area contributed by atoms with E-state index in [2.05, 4.69) is 20.6 Å². The first kappa shape index (κ1) is 23.1. The normalized spacial score (nSPS) is 33.6. The summed E-state index contributed by atoms with van der Waals surface area (Å²) < 4.78 is 1.05. The second kappa shape index (κ2) is 8.68. The standard InChI is InChI=1S/C22H31N5O4S/c1-12-16(19-25-14-6-4-5-7-15(14)32-19)18(26-20(24-12)23-11-21(2,3)30)27-22(31)9-8-13(10-28)17(22)29/h4-7,12-13,16-17,28-31H,8-11H2,1-3H3,(H2,23,24,26,27). The summed E-state index contributed by atoms with van der Waals surface area (Å²) in [6, 6.07) is 7.71. The Labute approximate surface area is 191 Å². The fourth-order valence-electron chi connectivity index (χ4n) is 4.18. The lowest BCUT2D eigenvalue weighted by atomic mass is 9.97. The van der Waals surface area contributed by atoms with Gasteiger partial charge in [0, 0.05) is 18.6 Å². The summed E-state index contributed by atoms with van der Waals surface area (Å²) in [6.07, 6.45) is -0.445. The van der Waals surface area contributed by atoms with Gasteiger partial charge < -0.3 is 31.1 Å². The van der Waals surface area contributed by atoms with Crippen LogP contribution in [0.5, 0.6) is 0 Å². The molecule has 1 aromatic heterocycles. The predicted molar refractivity (Wildman–Crippen MR) is 125 cm³/mol. The minimum Gasteiger partial charge on any atom is -0.396 e. The minimum atomic E-state index is -1.71. The molecular weight excluding hydrogens is 430 g/mol. The van der Waals surface area contributed by atoms with Crippen molar-refractivity contribution in [3.8, 4) is 0 Å². The van der Waals surface area contributed by atoms with Crippen molar-refractivity contribution in [3.63, 3.8) is 0 Å². The number of nitrogens with one attached hydrogen (secondary N) is 2. The lowest BCUT2D eigenvalue weighted by Gasteiger charge is -2.35. The van der Waals surface area contributed by atoms with Crippen molar-refractivity contribution >= 4 is 33.3 Å². The lowest BCUT2D eigenvalue weighted by molar-refractivity contribution is -0.0675. The fraction of sp³-hybridized carbons (Fsp3) is 0.591. The van der Waals surface area contributed by atoms with E-state index in [1.165, 1.54) is 0 Å². The molecule has 0 spiro atoms. The third-order valence-electron chi connectivity index (χ3n) is 5.96. The molecular formula is C22H31N5O4S. The van der Waals surface area contributed by atoms with Crippen LogP contribution in [0, 0.1) is 5.92 Å². The molecule has 6 N–H and O–H groups in total. The number of amidine groups is 1. The van der Waals surface area contributed by atoms with Gasteiger partial charge in [0.2, 0.25) is 0 Å². The highest BCUT2D eigenvalue weighted by atomic mass is 32.1. The van der Waals surface area contributed by atoms with Gasteiger partial charge in [0.05, 0.1) is 28.3 Å². The first-order chi connectivity index (χ1) is 15.1. The highest BCUT2D eigenvalue weighted by molar-refractivity contribution is 7.18. The third-order valence-corrected chi connectivity index (χ3v) is 7.08. The van der Waals surface area contributed by atoms with Crippen LogP contribution in [-0.4, -0.2) is 73.8 Å². The molecule has 1 saturated heterocycles. The molecule has 2 fully saturated rings. The monoisotopic (exact) mass is 461 g/mol. The number of aliphatic hydroxyl groups excluding tert-OH is 2. The van der Waals surface area contributed by atoms with Crippen LogP contribution in [0.25, 0.3) is 10.2 Å². The van der Waals surface area contributed by atoms with Gasteiger partial charge >= 0.3 is 0 Å². The van der Waals surface area contributed by atoms with E-state index in [1.807, 2.05) is 31.2 Å². The van der Waals surface area contributed by atoms with Crippen LogP contribution in [-0.2, 0) is 0 Å². The van der Waals surface area contributed by atoms with E-state index in [4.69, 9.17) is 4.98 Å². The average Bonchev–Trinajstić information content (AvgIpc) is 3.26. The summed E-state index contributed by atoms with van der Waals surface area (Å²) in [5.74, 6) is 0.154. The Bertz CT molecular complexity index is 1000. The van der Waals surface area contributed by atoms with Gasteiger partial charge in [-0.1, -0.05) is 12.1 Å². The first-order valence-electron chi connectivity index (χ1n) is 10.9. The molecule has 10 heteroatoms. The zero-order chi connectivity index (χ0) is 23.1. The number of nitrogens with zero attached hydrogens (tertiary/aromatic N) is 3. The van der Waals surface area contributed by atoms with Crippen LogP contribution >= 0.6 is 11.3 Å². The third kappa shape index (κ3) is 4.65. The first-order valence-corrected chi connectivity index (χ1v) is 11.7. The number of fused-ring (bicyclic) bond motifs is 1. The van der Waals surface area contributed by atoms with Gasteiger partial charge in [0.25, 0.3) is 0 Å². The second-order valence-electron chi connectivity index (χ2n) is 9.33. The van der Waals surface area contributed by atoms with Gasteiger partial charge in [0.1, 0.15) is 16.9 Å². The number of aromatic nitrogens is 1. The van der Waals surface area contributed by atoms with Gasteiger partial charge in [0.15, 0.2) is 11.7 Å². The fourth-order valence-corrected chi connectivity index (χ4v) is 5.36. The Kier molecular flexibility index (Phi) is 6.25. The van der Waals surface area contributed by atoms with Crippen LogP contribution in [0.3, 0.4) is 0 Å². The summed E-state index contributed by atoms with van der Waals surface area (Å²) >= 11 is 1.56. The number of aliphatic hydroxyl groups is 4. The van der Waals surface area contributed by atoms with Crippen molar-refractivity contribution in [2.24, 2.45) is 15.9 Å². The molecule has 174 valence electrons. The molecule has 32 heavy (non-hydrogen) atoms. The number of aliphatic imine (C=N–C) groups is 2. The van der Waals surface area contributed by atoms with Crippen LogP contribution in [0.4, 0.5) is 0 Å². The molecule has 0 amide bonds. The van der Waals surface area contributed by atoms with E-state index in [1.54, 1.807) is 25.2 Å². The van der Waals surface area contributed by atoms with E-state index in [0.29, 0.717) is 18.2 Å². The lowest BCUT2D eigenvalue weighted by Crippen LogP contribution is -2.58. The molecule has 1 saturated carbocycles. The van der Waals surface area contributed by atoms with Gasteiger partial charge in [-0.3, -0.25) is 0 Å². The number of benzene rings is 1. The van der Waals surface area contributed by atoms with E-state index in [-0.39, 0.29) is 31.5 Å². The minimum absolute atomic E-state index is 0.160. The largest absolute Gasteiger partial charge is 0.396 e. The van der Waals surface area contributed by atoms with E-state index in [9.17, 15) is 20.4 Å². The van der Waals surface area contributed by atoms with Gasteiger partial charge in [-0.2, -0.15) is 0 Å². The van der Waals surface area contributed by atoms with Crippen molar-refractivity contribution in [2.75, 3.05) is 13.2 Å².